The summed E-state index contributed by atoms with van der Waals surface area (Å²) < 4.78 is 2.03. The molecule has 2 N–H and O–H groups in total. The van der Waals surface area contributed by atoms with Gasteiger partial charge in [0.15, 0.2) is 0 Å². The third-order valence-corrected chi connectivity index (χ3v) is 2.02. The van der Waals surface area contributed by atoms with Crippen molar-refractivity contribution >= 4 is 5.82 Å². The molecule has 0 aliphatic heterocycles. The van der Waals surface area contributed by atoms with Crippen molar-refractivity contribution in [3.05, 3.63) is 12.0 Å². The normalized spacial score (nSPS) is 11.5. The molecule has 0 spiro atoms. The third-order valence-electron chi connectivity index (χ3n) is 2.02. The second kappa shape index (κ2) is 3.81. The van der Waals surface area contributed by atoms with Crippen LogP contribution in [0.2, 0.25) is 0 Å². The maximum atomic E-state index is 5.95. The van der Waals surface area contributed by atoms with Gasteiger partial charge in [-0.25, -0.2) is 4.98 Å². The Morgan fingerprint density at radius 1 is 1.38 bits per heavy atom. The van der Waals surface area contributed by atoms with Crippen molar-refractivity contribution in [3.63, 3.8) is 0 Å². The van der Waals surface area contributed by atoms with Gasteiger partial charge in [-0.2, -0.15) is 0 Å². The van der Waals surface area contributed by atoms with Crippen LogP contribution in [0.25, 0.3) is 0 Å². The first-order valence-corrected chi connectivity index (χ1v) is 4.82. The largest absolute Gasteiger partial charge is 0.384 e. The van der Waals surface area contributed by atoms with Crippen molar-refractivity contribution in [3.8, 4) is 0 Å². The molecule has 1 aromatic rings. The summed E-state index contributed by atoms with van der Waals surface area (Å²) in [6, 6.07) is 0. The average Bonchev–Trinajstić information content (AvgIpc) is 2.32. The second-order valence-electron chi connectivity index (χ2n) is 4.22. The minimum atomic E-state index is 0.411. The lowest BCUT2D eigenvalue weighted by molar-refractivity contribution is 0.527. The molecule has 74 valence electrons. The number of nitrogen functional groups attached to an aromatic ring is 1. The zero-order chi connectivity index (χ0) is 10.0. The van der Waals surface area contributed by atoms with E-state index >= 15 is 0 Å². The van der Waals surface area contributed by atoms with Crippen LogP contribution in [0, 0.1) is 5.92 Å². The van der Waals surface area contributed by atoms with Crippen molar-refractivity contribution in [1.29, 1.82) is 0 Å². The maximum absolute atomic E-state index is 5.95. The number of hydrogen-bond donors (Lipinski definition) is 1. The summed E-state index contributed by atoms with van der Waals surface area (Å²) in [6.45, 7) is 9.52. The minimum absolute atomic E-state index is 0.411. The zero-order valence-corrected chi connectivity index (χ0v) is 8.91. The van der Waals surface area contributed by atoms with Gasteiger partial charge >= 0.3 is 0 Å². The lowest BCUT2D eigenvalue weighted by atomic mass is 10.1. The molecule has 0 bridgehead atoms. The van der Waals surface area contributed by atoms with Gasteiger partial charge in [0.2, 0.25) is 0 Å². The summed E-state index contributed by atoms with van der Waals surface area (Å²) in [4.78, 5) is 4.31. The lowest BCUT2D eigenvalue weighted by Gasteiger charge is -2.09. The molecule has 1 aromatic heterocycles. The highest BCUT2D eigenvalue weighted by molar-refractivity contribution is 5.37. The summed E-state index contributed by atoms with van der Waals surface area (Å²) in [5, 5.41) is 0. The fourth-order valence-electron chi connectivity index (χ4n) is 1.39. The fraction of sp³-hybridized carbons (Fsp3) is 0.700. The first kappa shape index (κ1) is 10.1. The summed E-state index contributed by atoms with van der Waals surface area (Å²) in [5.74, 6) is 1.84. The van der Waals surface area contributed by atoms with Crippen LogP contribution in [-0.4, -0.2) is 9.55 Å². The van der Waals surface area contributed by atoms with Gasteiger partial charge in [-0.1, -0.05) is 27.7 Å². The predicted octanol–water partition coefficient (Wildman–Crippen LogP) is 2.24. The lowest BCUT2D eigenvalue weighted by Crippen LogP contribution is -2.07. The number of imidazole rings is 1. The van der Waals surface area contributed by atoms with Crippen LogP contribution in [0.3, 0.4) is 0 Å². The van der Waals surface area contributed by atoms with Crippen LogP contribution >= 0.6 is 0 Å². The maximum Gasteiger partial charge on any atom is 0.126 e. The first-order valence-electron chi connectivity index (χ1n) is 4.82. The Morgan fingerprint density at radius 3 is 2.38 bits per heavy atom. The molecule has 1 heterocycles. The quantitative estimate of drug-likeness (QED) is 0.777. The Bertz CT molecular complexity index is 274. The van der Waals surface area contributed by atoms with E-state index in [4.69, 9.17) is 5.73 Å². The molecule has 0 atom stereocenters. The van der Waals surface area contributed by atoms with E-state index in [9.17, 15) is 0 Å². The molecule has 0 radical (unpaired) electrons. The van der Waals surface area contributed by atoms with Gasteiger partial charge in [-0.3, -0.25) is 0 Å². The summed E-state index contributed by atoms with van der Waals surface area (Å²) in [7, 11) is 0. The van der Waals surface area contributed by atoms with Crippen LogP contribution in [-0.2, 0) is 6.54 Å². The van der Waals surface area contributed by atoms with Crippen molar-refractivity contribution < 1.29 is 0 Å². The highest BCUT2D eigenvalue weighted by Gasteiger charge is 2.10. The first-order chi connectivity index (χ1) is 6.02. The number of aromatic nitrogens is 2. The van der Waals surface area contributed by atoms with Gasteiger partial charge in [-0.05, 0) is 11.8 Å². The van der Waals surface area contributed by atoms with Gasteiger partial charge in [0.05, 0.1) is 12.0 Å². The van der Waals surface area contributed by atoms with E-state index in [0.29, 0.717) is 11.8 Å². The van der Waals surface area contributed by atoms with E-state index in [-0.39, 0.29) is 0 Å². The van der Waals surface area contributed by atoms with E-state index in [1.54, 1.807) is 0 Å². The molecular formula is C10H19N3. The van der Waals surface area contributed by atoms with Gasteiger partial charge in [0, 0.05) is 6.54 Å². The summed E-state index contributed by atoms with van der Waals surface area (Å²) in [6.07, 6.45) is 1.84. The molecule has 1 rings (SSSR count). The second-order valence-corrected chi connectivity index (χ2v) is 4.22. The predicted molar refractivity (Wildman–Crippen MR) is 55.6 cm³/mol. The smallest absolute Gasteiger partial charge is 0.126 e. The van der Waals surface area contributed by atoms with Crippen LogP contribution in [0.15, 0.2) is 6.33 Å². The van der Waals surface area contributed by atoms with E-state index in [1.165, 1.54) is 0 Å². The molecule has 0 aromatic carbocycles. The summed E-state index contributed by atoms with van der Waals surface area (Å²) in [5.41, 5.74) is 6.97. The topological polar surface area (TPSA) is 43.8 Å². The number of nitrogens with two attached hydrogens (primary N) is 1. The molecule has 0 saturated heterocycles. The monoisotopic (exact) mass is 181 g/mol. The average molecular weight is 181 g/mol. The van der Waals surface area contributed by atoms with E-state index in [0.717, 1.165) is 18.1 Å². The van der Waals surface area contributed by atoms with Crippen LogP contribution in [0.4, 0.5) is 5.82 Å². The summed E-state index contributed by atoms with van der Waals surface area (Å²) >= 11 is 0. The Hall–Kier alpha value is -0.990. The number of anilines is 1. The molecule has 3 heteroatoms. The van der Waals surface area contributed by atoms with Gasteiger partial charge in [0.25, 0.3) is 0 Å². The third kappa shape index (κ3) is 2.23. The Labute approximate surface area is 80.0 Å². The Morgan fingerprint density at radius 2 is 2.00 bits per heavy atom. The van der Waals surface area contributed by atoms with E-state index in [1.807, 2.05) is 10.9 Å². The molecule has 0 amide bonds. The van der Waals surface area contributed by atoms with E-state index < -0.39 is 0 Å². The van der Waals surface area contributed by atoms with E-state index in [2.05, 4.69) is 32.7 Å². The Balaban J connectivity index is 2.86. The zero-order valence-electron chi connectivity index (χ0n) is 8.91. The van der Waals surface area contributed by atoms with Crippen LogP contribution in [0.5, 0.6) is 0 Å². The van der Waals surface area contributed by atoms with Crippen LogP contribution < -0.4 is 5.73 Å². The Kier molecular flexibility index (Phi) is 2.96. The highest BCUT2D eigenvalue weighted by atomic mass is 15.1. The minimum Gasteiger partial charge on any atom is -0.384 e. The molecule has 0 fully saturated rings. The molecule has 13 heavy (non-hydrogen) atoms. The van der Waals surface area contributed by atoms with Crippen molar-refractivity contribution in [2.75, 3.05) is 5.73 Å². The van der Waals surface area contributed by atoms with Crippen molar-refractivity contribution in [2.45, 2.75) is 40.2 Å². The molecule has 0 saturated carbocycles. The van der Waals surface area contributed by atoms with Crippen molar-refractivity contribution in [1.82, 2.24) is 9.55 Å². The molecule has 3 nitrogen and oxygen atoms in total. The molecule has 0 aliphatic carbocycles. The van der Waals surface area contributed by atoms with Gasteiger partial charge < -0.3 is 10.3 Å². The molecular weight excluding hydrogens is 162 g/mol. The fourth-order valence-corrected chi connectivity index (χ4v) is 1.39. The molecule has 0 unspecified atom stereocenters. The highest BCUT2D eigenvalue weighted by Crippen LogP contribution is 2.20. The van der Waals surface area contributed by atoms with Gasteiger partial charge in [-0.15, -0.1) is 0 Å². The van der Waals surface area contributed by atoms with Crippen molar-refractivity contribution in [2.24, 2.45) is 5.92 Å². The van der Waals surface area contributed by atoms with Gasteiger partial charge in [0.1, 0.15) is 5.82 Å². The SMILES string of the molecule is CC(C)Cn1cnc(C(C)C)c1N. The molecule has 0 aliphatic rings. The number of hydrogen-bond acceptors (Lipinski definition) is 2. The number of rotatable bonds is 3. The number of nitrogens with zero attached hydrogens (tertiary/aromatic N) is 2. The standard InChI is InChI=1S/C10H19N3/c1-7(2)5-13-6-12-9(8(3)4)10(13)11/h6-8H,5,11H2,1-4H3. The van der Waals surface area contributed by atoms with Crippen LogP contribution in [0.1, 0.15) is 39.3 Å².